The maximum atomic E-state index is 11.6. The first kappa shape index (κ1) is 14.6. The first-order valence-electron chi connectivity index (χ1n) is 6.02. The Hall–Kier alpha value is -1.45. The van der Waals surface area contributed by atoms with Crippen LogP contribution in [0.5, 0.6) is 0 Å². The van der Waals surface area contributed by atoms with Gasteiger partial charge in [-0.05, 0) is 18.1 Å². The van der Waals surface area contributed by atoms with E-state index in [9.17, 15) is 9.90 Å². The zero-order chi connectivity index (χ0) is 13.5. The third-order valence-electron chi connectivity index (χ3n) is 2.81. The van der Waals surface area contributed by atoms with E-state index in [1.807, 2.05) is 30.3 Å². The Balaban J connectivity index is 2.35. The molecule has 0 saturated heterocycles. The third kappa shape index (κ3) is 4.43. The molecule has 0 aromatic heterocycles. The standard InChI is InChI=1S/C15H20O3/c1-11(2)15(17)12(3)14(16)10-18-9-13-7-5-4-6-8-13/h4-8,12,14,16H,1,9-10H2,2-3H3/t12-,14+/m1/s1. The summed E-state index contributed by atoms with van der Waals surface area (Å²) in [5.41, 5.74) is 1.51. The summed E-state index contributed by atoms with van der Waals surface area (Å²) in [5.74, 6) is -0.593. The van der Waals surface area contributed by atoms with E-state index in [0.29, 0.717) is 12.2 Å². The van der Waals surface area contributed by atoms with Crippen molar-refractivity contribution in [2.45, 2.75) is 26.6 Å². The number of carbonyl (C=O) groups excluding carboxylic acids is 1. The first-order valence-corrected chi connectivity index (χ1v) is 6.02. The van der Waals surface area contributed by atoms with Crippen molar-refractivity contribution in [1.82, 2.24) is 0 Å². The third-order valence-corrected chi connectivity index (χ3v) is 2.81. The van der Waals surface area contributed by atoms with E-state index in [1.54, 1.807) is 13.8 Å². The molecule has 18 heavy (non-hydrogen) atoms. The molecule has 1 N–H and O–H groups in total. The van der Waals surface area contributed by atoms with E-state index in [0.717, 1.165) is 5.56 Å². The molecule has 0 unspecified atom stereocenters. The lowest BCUT2D eigenvalue weighted by Gasteiger charge is -2.17. The Morgan fingerprint density at radius 1 is 1.39 bits per heavy atom. The summed E-state index contributed by atoms with van der Waals surface area (Å²) >= 11 is 0. The topological polar surface area (TPSA) is 46.5 Å². The predicted molar refractivity (Wildman–Crippen MR) is 71.1 cm³/mol. The van der Waals surface area contributed by atoms with Gasteiger partial charge in [0.1, 0.15) is 0 Å². The van der Waals surface area contributed by atoms with Gasteiger partial charge in [0.2, 0.25) is 0 Å². The van der Waals surface area contributed by atoms with Crippen LogP contribution in [0.3, 0.4) is 0 Å². The Morgan fingerprint density at radius 3 is 2.56 bits per heavy atom. The molecule has 0 saturated carbocycles. The Morgan fingerprint density at radius 2 is 2.00 bits per heavy atom. The Bertz CT molecular complexity index is 397. The summed E-state index contributed by atoms with van der Waals surface area (Å²) in [5, 5.41) is 9.83. The van der Waals surface area contributed by atoms with E-state index >= 15 is 0 Å². The van der Waals surface area contributed by atoms with Crippen molar-refractivity contribution in [3.63, 3.8) is 0 Å². The lowest BCUT2D eigenvalue weighted by Crippen LogP contribution is -2.30. The average Bonchev–Trinajstić information content (AvgIpc) is 2.38. The molecule has 1 rings (SSSR count). The number of benzene rings is 1. The summed E-state index contributed by atoms with van der Waals surface area (Å²) in [6, 6.07) is 9.71. The first-order chi connectivity index (χ1) is 8.52. The summed E-state index contributed by atoms with van der Waals surface area (Å²) in [6.07, 6.45) is -0.794. The van der Waals surface area contributed by atoms with Gasteiger partial charge < -0.3 is 9.84 Å². The molecular formula is C15H20O3. The van der Waals surface area contributed by atoms with Crippen LogP contribution in [0.2, 0.25) is 0 Å². The van der Waals surface area contributed by atoms with Gasteiger partial charge in [-0.15, -0.1) is 0 Å². The van der Waals surface area contributed by atoms with Crippen LogP contribution in [0.1, 0.15) is 19.4 Å². The monoisotopic (exact) mass is 248 g/mol. The maximum Gasteiger partial charge on any atom is 0.163 e. The lowest BCUT2D eigenvalue weighted by molar-refractivity contribution is -0.123. The molecule has 0 fully saturated rings. The summed E-state index contributed by atoms with van der Waals surface area (Å²) in [6.45, 7) is 7.51. The molecule has 0 aliphatic carbocycles. The van der Waals surface area contributed by atoms with E-state index in [1.165, 1.54) is 0 Å². The zero-order valence-electron chi connectivity index (χ0n) is 10.9. The molecular weight excluding hydrogens is 228 g/mol. The maximum absolute atomic E-state index is 11.6. The van der Waals surface area contributed by atoms with Crippen LogP contribution >= 0.6 is 0 Å². The molecule has 0 aliphatic heterocycles. The highest BCUT2D eigenvalue weighted by Gasteiger charge is 2.22. The number of aliphatic hydroxyl groups is 1. The molecule has 0 spiro atoms. The van der Waals surface area contributed by atoms with Crippen molar-refractivity contribution in [3.8, 4) is 0 Å². The van der Waals surface area contributed by atoms with Crippen LogP contribution in [0.4, 0.5) is 0 Å². The van der Waals surface area contributed by atoms with E-state index in [4.69, 9.17) is 4.74 Å². The van der Waals surface area contributed by atoms with Gasteiger partial charge in [-0.2, -0.15) is 0 Å². The number of aliphatic hydroxyl groups excluding tert-OH is 1. The number of hydrogen-bond donors (Lipinski definition) is 1. The number of allylic oxidation sites excluding steroid dienone is 1. The zero-order valence-corrected chi connectivity index (χ0v) is 10.9. The molecule has 0 bridgehead atoms. The largest absolute Gasteiger partial charge is 0.390 e. The minimum absolute atomic E-state index is 0.120. The number of ether oxygens (including phenoxy) is 1. The molecule has 0 heterocycles. The number of carbonyl (C=O) groups is 1. The second-order valence-electron chi connectivity index (χ2n) is 4.50. The van der Waals surface area contributed by atoms with E-state index in [-0.39, 0.29) is 12.4 Å². The molecule has 98 valence electrons. The van der Waals surface area contributed by atoms with Crippen LogP contribution in [0.25, 0.3) is 0 Å². The van der Waals surface area contributed by atoms with Crippen molar-refractivity contribution in [2.24, 2.45) is 5.92 Å². The summed E-state index contributed by atoms with van der Waals surface area (Å²) in [4.78, 5) is 11.6. The highest BCUT2D eigenvalue weighted by atomic mass is 16.5. The number of ketones is 1. The molecule has 3 nitrogen and oxygen atoms in total. The summed E-state index contributed by atoms with van der Waals surface area (Å²) in [7, 11) is 0. The van der Waals surface area contributed by atoms with Crippen LogP contribution in [-0.2, 0) is 16.1 Å². The van der Waals surface area contributed by atoms with Crippen molar-refractivity contribution in [3.05, 3.63) is 48.0 Å². The molecule has 0 radical (unpaired) electrons. The van der Waals surface area contributed by atoms with Crippen molar-refractivity contribution >= 4 is 5.78 Å². The van der Waals surface area contributed by atoms with Gasteiger partial charge in [-0.25, -0.2) is 0 Å². The van der Waals surface area contributed by atoms with Gasteiger partial charge in [0, 0.05) is 5.92 Å². The molecule has 1 aromatic rings. The van der Waals surface area contributed by atoms with Gasteiger partial charge >= 0.3 is 0 Å². The van der Waals surface area contributed by atoms with Gasteiger partial charge in [0.15, 0.2) is 5.78 Å². The number of Topliss-reactive ketones (excluding diaryl/α,β-unsaturated/α-hetero) is 1. The summed E-state index contributed by atoms with van der Waals surface area (Å²) < 4.78 is 5.40. The van der Waals surface area contributed by atoms with Gasteiger partial charge in [0.05, 0.1) is 19.3 Å². The van der Waals surface area contributed by atoms with Gasteiger partial charge in [0.25, 0.3) is 0 Å². The van der Waals surface area contributed by atoms with Crippen LogP contribution in [0, 0.1) is 5.92 Å². The van der Waals surface area contributed by atoms with Crippen molar-refractivity contribution in [1.29, 1.82) is 0 Å². The van der Waals surface area contributed by atoms with E-state index < -0.39 is 12.0 Å². The average molecular weight is 248 g/mol. The highest BCUT2D eigenvalue weighted by Crippen LogP contribution is 2.11. The van der Waals surface area contributed by atoms with Gasteiger partial charge in [-0.3, -0.25) is 4.79 Å². The Kier molecular flexibility index (Phi) is 5.75. The number of hydrogen-bond acceptors (Lipinski definition) is 3. The predicted octanol–water partition coefficient (Wildman–Crippen LogP) is 2.35. The normalized spacial score (nSPS) is 13.9. The Labute approximate surface area is 108 Å². The fraction of sp³-hybridized carbons (Fsp3) is 0.400. The second-order valence-corrected chi connectivity index (χ2v) is 4.50. The molecule has 0 aliphatic rings. The van der Waals surface area contributed by atoms with Crippen molar-refractivity contribution in [2.75, 3.05) is 6.61 Å². The van der Waals surface area contributed by atoms with E-state index in [2.05, 4.69) is 6.58 Å². The SMILES string of the molecule is C=C(C)C(=O)[C@H](C)[C@@H](O)COCc1ccccc1. The van der Waals surface area contributed by atoms with Crippen LogP contribution in [-0.4, -0.2) is 23.6 Å². The molecule has 0 amide bonds. The quantitative estimate of drug-likeness (QED) is 0.753. The van der Waals surface area contributed by atoms with Crippen LogP contribution in [0.15, 0.2) is 42.5 Å². The second kappa shape index (κ2) is 7.09. The smallest absolute Gasteiger partial charge is 0.163 e. The molecule has 1 aromatic carbocycles. The van der Waals surface area contributed by atoms with Crippen LogP contribution < -0.4 is 0 Å². The highest BCUT2D eigenvalue weighted by molar-refractivity contribution is 5.96. The molecule has 3 heteroatoms. The lowest BCUT2D eigenvalue weighted by atomic mass is 9.96. The number of rotatable bonds is 7. The fourth-order valence-corrected chi connectivity index (χ4v) is 1.58. The minimum atomic E-state index is -0.794. The molecule has 2 atom stereocenters. The minimum Gasteiger partial charge on any atom is -0.390 e. The fourth-order valence-electron chi connectivity index (χ4n) is 1.58. The van der Waals surface area contributed by atoms with Crippen molar-refractivity contribution < 1.29 is 14.6 Å². The van der Waals surface area contributed by atoms with Gasteiger partial charge in [-0.1, -0.05) is 43.8 Å².